The van der Waals surface area contributed by atoms with Crippen molar-refractivity contribution < 1.29 is 14.0 Å². The van der Waals surface area contributed by atoms with E-state index in [1.807, 2.05) is 31.3 Å². The predicted octanol–water partition coefficient (Wildman–Crippen LogP) is 6.58. The average Bonchev–Trinajstić information content (AvgIpc) is 3.62. The van der Waals surface area contributed by atoms with Gasteiger partial charge in [-0.1, -0.05) is 32.0 Å². The molecule has 5 heterocycles. The predicted molar refractivity (Wildman–Crippen MR) is 179 cm³/mol. The lowest BCUT2D eigenvalue weighted by molar-refractivity contribution is 0.0886. The Hall–Kier alpha value is -4.70. The van der Waals surface area contributed by atoms with Crippen LogP contribution in [-0.4, -0.2) is 32.3 Å². The first kappa shape index (κ1) is 30.0. The standard InChI is InChI=1S/C36H35FN6O2S/c1-19(2)15-26-29(33(38)44)31(30-27(41-26)18-36(3,43-35(30)45)17-20-6-8-22(37)9-7-20)28-16-21-12-14-40-34(32(21)46-28)42-25-11-10-24-23(25)5-4-13-39-24/h4-9,12-14,16,19,25H,10-11,15,17-18H2,1-3H3,(H2,38,44)(H,40,42)(H,43,45)/t25?,36-/m0/s1. The second-order valence-corrected chi connectivity index (χ2v) is 14.1. The number of amides is 2. The zero-order valence-corrected chi connectivity index (χ0v) is 26.8. The summed E-state index contributed by atoms with van der Waals surface area (Å²) in [5.74, 6) is -0.283. The van der Waals surface area contributed by atoms with Crippen LogP contribution in [0.15, 0.2) is 60.9 Å². The van der Waals surface area contributed by atoms with E-state index in [9.17, 15) is 14.0 Å². The maximum Gasteiger partial charge on any atom is 0.254 e. The lowest BCUT2D eigenvalue weighted by Gasteiger charge is -2.37. The third-order valence-corrected chi connectivity index (χ3v) is 10.0. The van der Waals surface area contributed by atoms with E-state index in [0.29, 0.717) is 41.8 Å². The molecule has 4 aromatic heterocycles. The lowest BCUT2D eigenvalue weighted by atomic mass is 9.81. The van der Waals surface area contributed by atoms with Crippen molar-refractivity contribution in [3.05, 3.63) is 106 Å². The largest absolute Gasteiger partial charge is 0.366 e. The molecule has 1 aromatic carbocycles. The highest BCUT2D eigenvalue weighted by Gasteiger charge is 2.39. The van der Waals surface area contributed by atoms with Gasteiger partial charge in [0.2, 0.25) is 0 Å². The fraction of sp³-hybridized carbons (Fsp3) is 0.306. The number of benzene rings is 1. The number of nitrogens with zero attached hydrogens (tertiary/aromatic N) is 3. The molecule has 8 nitrogen and oxygen atoms in total. The molecule has 1 aliphatic heterocycles. The summed E-state index contributed by atoms with van der Waals surface area (Å²) in [4.78, 5) is 42.3. The Balaban J connectivity index is 1.35. The van der Waals surface area contributed by atoms with Crippen molar-refractivity contribution >= 4 is 39.1 Å². The van der Waals surface area contributed by atoms with Crippen molar-refractivity contribution in [1.29, 1.82) is 0 Å². The molecule has 0 spiro atoms. The molecule has 5 aromatic rings. The first-order valence-electron chi connectivity index (χ1n) is 15.6. The van der Waals surface area contributed by atoms with E-state index in [4.69, 9.17) is 15.7 Å². The van der Waals surface area contributed by atoms with E-state index in [-0.39, 0.29) is 29.2 Å². The van der Waals surface area contributed by atoms with Crippen molar-refractivity contribution in [1.82, 2.24) is 20.3 Å². The Kier molecular flexibility index (Phi) is 7.55. The summed E-state index contributed by atoms with van der Waals surface area (Å²) < 4.78 is 14.5. The van der Waals surface area contributed by atoms with Crippen molar-refractivity contribution in [3.63, 3.8) is 0 Å². The number of carbonyl (C=O) groups excluding carboxylic acids is 2. The molecule has 2 amide bonds. The summed E-state index contributed by atoms with van der Waals surface area (Å²) >= 11 is 1.49. The Bertz CT molecular complexity index is 2010. The number of aryl methyl sites for hydroxylation is 1. The van der Waals surface area contributed by atoms with Gasteiger partial charge in [0.25, 0.3) is 11.8 Å². The topological polar surface area (TPSA) is 123 Å². The first-order chi connectivity index (χ1) is 22.1. The Labute approximate surface area is 270 Å². The van der Waals surface area contributed by atoms with Crippen LogP contribution < -0.4 is 16.4 Å². The van der Waals surface area contributed by atoms with Crippen LogP contribution in [0.5, 0.6) is 0 Å². The maximum atomic E-state index is 14.1. The highest BCUT2D eigenvalue weighted by molar-refractivity contribution is 7.22. The SMILES string of the molecule is CC(C)Cc1nc2c(c(-c3cc4ccnc(NC5CCc6ncccc65)c4s3)c1C(N)=O)C(=O)N[C@@](C)(Cc1ccc(F)cc1)C2. The smallest absolute Gasteiger partial charge is 0.254 e. The normalized spacial score (nSPS) is 18.8. The van der Waals surface area contributed by atoms with E-state index in [1.165, 1.54) is 29.0 Å². The number of hydrogen-bond acceptors (Lipinski definition) is 7. The fourth-order valence-electron chi connectivity index (χ4n) is 6.94. The number of halogens is 1. The van der Waals surface area contributed by atoms with Gasteiger partial charge < -0.3 is 16.4 Å². The first-order valence-corrected chi connectivity index (χ1v) is 16.4. The number of thiophene rings is 1. The zero-order valence-electron chi connectivity index (χ0n) is 26.0. The Morgan fingerprint density at radius 3 is 2.70 bits per heavy atom. The molecular weight excluding hydrogens is 600 g/mol. The van der Waals surface area contributed by atoms with Gasteiger partial charge in [0.15, 0.2) is 0 Å². The third-order valence-electron chi connectivity index (χ3n) is 8.86. The van der Waals surface area contributed by atoms with E-state index >= 15 is 0 Å². The van der Waals surface area contributed by atoms with E-state index in [1.54, 1.807) is 18.3 Å². The molecule has 0 bridgehead atoms. The van der Waals surface area contributed by atoms with Gasteiger partial charge in [-0.05, 0) is 85.4 Å². The van der Waals surface area contributed by atoms with Gasteiger partial charge in [-0.2, -0.15) is 0 Å². The van der Waals surface area contributed by atoms with Crippen LogP contribution in [0.3, 0.4) is 0 Å². The highest BCUT2D eigenvalue weighted by Crippen LogP contribution is 2.44. The summed E-state index contributed by atoms with van der Waals surface area (Å²) in [5, 5.41) is 7.79. The second-order valence-electron chi connectivity index (χ2n) is 13.1. The molecule has 7 rings (SSSR count). The van der Waals surface area contributed by atoms with Crippen molar-refractivity contribution in [2.75, 3.05) is 5.32 Å². The summed E-state index contributed by atoms with van der Waals surface area (Å²) in [6.07, 6.45) is 6.89. The van der Waals surface area contributed by atoms with Gasteiger partial charge in [-0.15, -0.1) is 11.3 Å². The molecule has 0 fully saturated rings. The number of anilines is 1. The van der Waals surface area contributed by atoms with Crippen LogP contribution in [-0.2, 0) is 25.7 Å². The third kappa shape index (κ3) is 5.51. The van der Waals surface area contributed by atoms with Gasteiger partial charge in [-0.25, -0.2) is 9.37 Å². The van der Waals surface area contributed by atoms with Crippen molar-refractivity contribution in [2.45, 2.75) is 64.5 Å². The number of nitrogens with two attached hydrogens (primary N) is 1. The van der Waals surface area contributed by atoms with E-state index in [0.717, 1.165) is 44.9 Å². The average molecular weight is 635 g/mol. The summed E-state index contributed by atoms with van der Waals surface area (Å²) in [7, 11) is 0. The second kappa shape index (κ2) is 11.6. The molecule has 234 valence electrons. The van der Waals surface area contributed by atoms with Crippen LogP contribution in [0.1, 0.15) is 82.2 Å². The minimum atomic E-state index is -0.664. The molecule has 2 atom stereocenters. The zero-order chi connectivity index (χ0) is 32.2. The number of primary amides is 1. The van der Waals surface area contributed by atoms with Gasteiger partial charge in [-0.3, -0.25) is 19.6 Å². The summed E-state index contributed by atoms with van der Waals surface area (Å²) in [6, 6.07) is 14.4. The number of hydrogen-bond donors (Lipinski definition) is 3. The molecule has 0 radical (unpaired) electrons. The molecule has 46 heavy (non-hydrogen) atoms. The monoisotopic (exact) mass is 634 g/mol. The van der Waals surface area contributed by atoms with E-state index in [2.05, 4.69) is 35.5 Å². The number of pyridine rings is 3. The maximum absolute atomic E-state index is 14.1. The lowest BCUT2D eigenvalue weighted by Crippen LogP contribution is -2.53. The minimum absolute atomic E-state index is 0.0874. The van der Waals surface area contributed by atoms with Crippen LogP contribution in [0, 0.1) is 11.7 Å². The summed E-state index contributed by atoms with van der Waals surface area (Å²) in [6.45, 7) is 6.11. The summed E-state index contributed by atoms with van der Waals surface area (Å²) in [5.41, 5.74) is 11.0. The van der Waals surface area contributed by atoms with Crippen LogP contribution in [0.4, 0.5) is 10.2 Å². The molecule has 4 N–H and O–H groups in total. The number of rotatable bonds is 8. The van der Waals surface area contributed by atoms with Crippen LogP contribution in [0.25, 0.3) is 20.5 Å². The van der Waals surface area contributed by atoms with Crippen LogP contribution >= 0.6 is 11.3 Å². The molecule has 1 unspecified atom stereocenters. The van der Waals surface area contributed by atoms with Gasteiger partial charge in [0.1, 0.15) is 11.6 Å². The number of aromatic nitrogens is 3. The molecule has 0 saturated carbocycles. The fourth-order valence-corrected chi connectivity index (χ4v) is 8.10. The molecule has 1 aliphatic carbocycles. The van der Waals surface area contributed by atoms with Gasteiger partial charge in [0, 0.05) is 40.5 Å². The number of nitrogens with one attached hydrogen (secondary N) is 2. The molecule has 10 heteroatoms. The minimum Gasteiger partial charge on any atom is -0.366 e. The molecule has 0 saturated heterocycles. The number of carbonyl (C=O) groups is 2. The van der Waals surface area contributed by atoms with Gasteiger partial charge in [0.05, 0.1) is 33.3 Å². The van der Waals surface area contributed by atoms with Crippen molar-refractivity contribution in [2.24, 2.45) is 11.7 Å². The molecule has 2 aliphatic rings. The highest BCUT2D eigenvalue weighted by atomic mass is 32.1. The van der Waals surface area contributed by atoms with Crippen molar-refractivity contribution in [3.8, 4) is 10.4 Å². The molecular formula is C36H35FN6O2S. The van der Waals surface area contributed by atoms with Gasteiger partial charge >= 0.3 is 0 Å². The quantitative estimate of drug-likeness (QED) is 0.177. The number of fused-ring (bicyclic) bond motifs is 3. The Morgan fingerprint density at radius 2 is 1.93 bits per heavy atom. The Morgan fingerprint density at radius 1 is 1.13 bits per heavy atom. The van der Waals surface area contributed by atoms with Crippen LogP contribution in [0.2, 0.25) is 0 Å². The van der Waals surface area contributed by atoms with E-state index < -0.39 is 11.4 Å².